The van der Waals surface area contributed by atoms with Crippen LogP contribution in [0, 0.1) is 0 Å². The van der Waals surface area contributed by atoms with Gasteiger partial charge in [0.25, 0.3) is 0 Å². The summed E-state index contributed by atoms with van der Waals surface area (Å²) in [6.07, 6.45) is 1.37. The Bertz CT molecular complexity index is 1710. The second kappa shape index (κ2) is 12.8. The van der Waals surface area contributed by atoms with Gasteiger partial charge in [0, 0.05) is 48.3 Å². The van der Waals surface area contributed by atoms with Crippen molar-refractivity contribution >= 4 is 40.1 Å². The first-order valence-electron chi connectivity index (χ1n) is 13.7. The van der Waals surface area contributed by atoms with Crippen molar-refractivity contribution in [3.63, 3.8) is 0 Å². The van der Waals surface area contributed by atoms with Crippen molar-refractivity contribution in [2.75, 3.05) is 6.54 Å². The monoisotopic (exact) mass is 602 g/mol. The maximum Gasteiger partial charge on any atom is 0.220 e. The normalized spacial score (nSPS) is 14.7. The van der Waals surface area contributed by atoms with Crippen LogP contribution >= 0.6 is 23.2 Å². The van der Waals surface area contributed by atoms with Crippen LogP contribution in [-0.4, -0.2) is 28.8 Å². The number of carbonyl (C=O) groups is 1. The van der Waals surface area contributed by atoms with Crippen LogP contribution < -0.4 is 20.1 Å². The van der Waals surface area contributed by atoms with Gasteiger partial charge < -0.3 is 20.1 Å². The van der Waals surface area contributed by atoms with Gasteiger partial charge in [-0.2, -0.15) is 0 Å². The minimum atomic E-state index is 0.0871. The zero-order valence-corrected chi connectivity index (χ0v) is 24.1. The molecule has 5 aromatic rings. The fraction of sp³-hybridized carbons (Fsp3) is 0.219. The molecule has 1 atom stereocenters. The number of carbonyl (C=O) groups excluding carboxylic acids is 1. The predicted octanol–water partition coefficient (Wildman–Crippen LogP) is 6.72. The lowest BCUT2D eigenvalue weighted by molar-refractivity contribution is -0.119. The molecule has 6 rings (SSSR count). The van der Waals surface area contributed by atoms with Crippen molar-refractivity contribution < 1.29 is 18.9 Å². The molecular weight excluding hydrogens is 575 g/mol. The van der Waals surface area contributed by atoms with Crippen LogP contribution in [0.15, 0.2) is 83.5 Å². The predicted molar refractivity (Wildman–Crippen MR) is 162 cm³/mol. The van der Waals surface area contributed by atoms with Crippen LogP contribution in [0.2, 0.25) is 10.0 Å². The van der Waals surface area contributed by atoms with Crippen LogP contribution in [-0.2, 0) is 24.6 Å². The second-order valence-electron chi connectivity index (χ2n) is 10.1. The third-order valence-electron chi connectivity index (χ3n) is 7.17. The lowest BCUT2D eigenvalue weighted by Crippen LogP contribution is -2.35. The second-order valence-corrected chi connectivity index (χ2v) is 10.9. The van der Waals surface area contributed by atoms with Gasteiger partial charge in [0.15, 0.2) is 0 Å². The Hall–Kier alpha value is -4.11. The van der Waals surface area contributed by atoms with Crippen LogP contribution in [0.3, 0.4) is 0 Å². The van der Waals surface area contributed by atoms with Gasteiger partial charge in [-0.3, -0.25) is 4.79 Å². The molecule has 0 bridgehead atoms. The molecule has 0 aliphatic carbocycles. The van der Waals surface area contributed by atoms with Gasteiger partial charge in [0.05, 0.1) is 10.0 Å². The van der Waals surface area contributed by atoms with Crippen molar-refractivity contribution in [1.29, 1.82) is 0 Å². The summed E-state index contributed by atoms with van der Waals surface area (Å²) in [5.41, 5.74) is 5.93. The number of hydrogen-bond acceptors (Lipinski definition) is 7. The Morgan fingerprint density at radius 1 is 0.881 bits per heavy atom. The summed E-state index contributed by atoms with van der Waals surface area (Å²) in [6, 6.07) is 25.3. The molecule has 1 saturated heterocycles. The molecule has 8 nitrogen and oxygen atoms in total. The highest BCUT2D eigenvalue weighted by Gasteiger charge is 2.20. The molecule has 214 valence electrons. The molecule has 0 saturated carbocycles. The Morgan fingerprint density at radius 2 is 1.71 bits per heavy atom. The SMILES string of the molecule is O=C1CC[C@@H](CNCc2cc(Cl)c(OCc3cccc(-c4ccccc4)c3Cl)cc2OCc2ccc3nonc3c2)N1. The maximum atomic E-state index is 11.6. The van der Waals surface area contributed by atoms with E-state index >= 15 is 0 Å². The molecule has 1 amide bonds. The first kappa shape index (κ1) is 28.0. The highest BCUT2D eigenvalue weighted by molar-refractivity contribution is 6.34. The van der Waals surface area contributed by atoms with Crippen molar-refractivity contribution in [2.24, 2.45) is 0 Å². The lowest BCUT2D eigenvalue weighted by Gasteiger charge is -2.18. The fourth-order valence-corrected chi connectivity index (χ4v) is 5.47. The number of rotatable bonds is 11. The summed E-state index contributed by atoms with van der Waals surface area (Å²) < 4.78 is 17.3. The largest absolute Gasteiger partial charge is 0.488 e. The quantitative estimate of drug-likeness (QED) is 0.173. The van der Waals surface area contributed by atoms with Crippen LogP contribution in [0.1, 0.15) is 29.5 Å². The van der Waals surface area contributed by atoms with Crippen molar-refractivity contribution in [3.8, 4) is 22.6 Å². The summed E-state index contributed by atoms with van der Waals surface area (Å²) in [6.45, 7) is 1.67. The molecule has 42 heavy (non-hydrogen) atoms. The van der Waals surface area contributed by atoms with E-state index in [-0.39, 0.29) is 18.6 Å². The Labute approximate surface area is 252 Å². The van der Waals surface area contributed by atoms with E-state index in [2.05, 4.69) is 20.9 Å². The molecule has 10 heteroatoms. The van der Waals surface area contributed by atoms with E-state index in [0.29, 0.717) is 58.7 Å². The minimum absolute atomic E-state index is 0.0871. The summed E-state index contributed by atoms with van der Waals surface area (Å²) in [4.78, 5) is 11.6. The molecule has 2 N–H and O–H groups in total. The first-order valence-corrected chi connectivity index (χ1v) is 14.4. The van der Waals surface area contributed by atoms with E-state index in [0.717, 1.165) is 34.2 Å². The number of aromatic nitrogens is 2. The van der Waals surface area contributed by atoms with Gasteiger partial charge in [-0.05, 0) is 46.1 Å². The molecule has 1 fully saturated rings. The molecule has 1 aliphatic rings. The molecular formula is C32H28Cl2N4O4. The molecule has 4 aromatic carbocycles. The smallest absolute Gasteiger partial charge is 0.220 e. The Balaban J connectivity index is 1.20. The molecule has 1 aromatic heterocycles. The van der Waals surface area contributed by atoms with E-state index in [4.69, 9.17) is 37.3 Å². The number of amides is 1. The van der Waals surface area contributed by atoms with Crippen LogP contribution in [0.4, 0.5) is 0 Å². The summed E-state index contributed by atoms with van der Waals surface area (Å²) >= 11 is 13.5. The van der Waals surface area contributed by atoms with E-state index in [9.17, 15) is 4.79 Å². The highest BCUT2D eigenvalue weighted by Crippen LogP contribution is 2.36. The van der Waals surface area contributed by atoms with Crippen molar-refractivity contribution in [2.45, 2.75) is 38.6 Å². The van der Waals surface area contributed by atoms with Gasteiger partial charge >= 0.3 is 0 Å². The molecule has 1 aliphatic heterocycles. The number of nitrogens with one attached hydrogen (secondary N) is 2. The number of hydrogen-bond donors (Lipinski definition) is 2. The third-order valence-corrected chi connectivity index (χ3v) is 7.91. The maximum absolute atomic E-state index is 11.6. The lowest BCUT2D eigenvalue weighted by atomic mass is 10.0. The van der Waals surface area contributed by atoms with E-state index in [1.807, 2.05) is 78.9 Å². The number of nitrogens with zero attached hydrogens (tertiary/aromatic N) is 2. The fourth-order valence-electron chi connectivity index (χ4n) is 4.94. The van der Waals surface area contributed by atoms with Crippen molar-refractivity contribution in [3.05, 3.63) is 106 Å². The number of ether oxygens (including phenoxy) is 2. The van der Waals surface area contributed by atoms with E-state index < -0.39 is 0 Å². The topological polar surface area (TPSA) is 98.5 Å². The van der Waals surface area contributed by atoms with Gasteiger partial charge in [0.1, 0.15) is 35.7 Å². The average molecular weight is 604 g/mol. The van der Waals surface area contributed by atoms with Crippen LogP contribution in [0.5, 0.6) is 11.5 Å². The molecule has 2 heterocycles. The number of benzene rings is 4. The zero-order valence-electron chi connectivity index (χ0n) is 22.6. The number of halogens is 2. The highest BCUT2D eigenvalue weighted by atomic mass is 35.5. The summed E-state index contributed by atoms with van der Waals surface area (Å²) in [7, 11) is 0. The standard InChI is InChI=1S/C32H28Cl2N4O4/c33-26-14-23(16-35-17-24-10-12-31(39)36-24)29(40-18-20-9-11-27-28(13-20)38-42-37-27)15-30(26)41-19-22-7-4-8-25(32(22)34)21-5-2-1-3-6-21/h1-9,11,13-15,24,35H,10,12,16-19H2,(H,36,39)/t24-/m0/s1. The zero-order chi connectivity index (χ0) is 28.9. The number of fused-ring (bicyclic) bond motifs is 1. The summed E-state index contributed by atoms with van der Waals surface area (Å²) in [5.74, 6) is 1.19. The average Bonchev–Trinajstić information content (AvgIpc) is 3.65. The molecule has 0 radical (unpaired) electrons. The minimum Gasteiger partial charge on any atom is -0.488 e. The van der Waals surface area contributed by atoms with Gasteiger partial charge in [-0.1, -0.05) is 77.8 Å². The molecule has 0 unspecified atom stereocenters. The van der Waals surface area contributed by atoms with Gasteiger partial charge in [-0.15, -0.1) is 0 Å². The Kier molecular flexibility index (Phi) is 8.55. The summed E-state index contributed by atoms with van der Waals surface area (Å²) in [5, 5.41) is 15.3. The van der Waals surface area contributed by atoms with E-state index in [1.165, 1.54) is 0 Å². The first-order chi connectivity index (χ1) is 20.5. The van der Waals surface area contributed by atoms with E-state index in [1.54, 1.807) is 0 Å². The van der Waals surface area contributed by atoms with Gasteiger partial charge in [-0.25, -0.2) is 4.63 Å². The third kappa shape index (κ3) is 6.51. The molecule has 0 spiro atoms. The van der Waals surface area contributed by atoms with Crippen LogP contribution in [0.25, 0.3) is 22.2 Å². The van der Waals surface area contributed by atoms with Gasteiger partial charge in [0.2, 0.25) is 5.91 Å². The Morgan fingerprint density at radius 3 is 2.55 bits per heavy atom. The van der Waals surface area contributed by atoms with Crippen molar-refractivity contribution in [1.82, 2.24) is 20.9 Å².